The number of amidine groups is 1. The molecule has 1 aliphatic rings. The molecule has 334 valence electrons. The number of pyridine rings is 5. The molecule has 5 aromatic heterocycles. The molecule has 4 N–H and O–H groups in total. The Morgan fingerprint density at radius 3 is 1.68 bits per heavy atom. The Balaban J connectivity index is 0.000000475. The van der Waals surface area contributed by atoms with E-state index in [1.165, 1.54) is 38.0 Å². The van der Waals surface area contributed by atoms with Crippen LogP contribution in [0.2, 0.25) is 0 Å². The van der Waals surface area contributed by atoms with Gasteiger partial charge in [0.2, 0.25) is 0 Å². The predicted molar refractivity (Wildman–Crippen MR) is 221 cm³/mol. The van der Waals surface area contributed by atoms with Crippen LogP contribution in [0.4, 0.5) is 17.3 Å². The summed E-state index contributed by atoms with van der Waals surface area (Å²) in [5.41, 5.74) is 2.60. The van der Waals surface area contributed by atoms with Gasteiger partial charge in [-0.3, -0.25) is 0 Å². The fourth-order valence-corrected chi connectivity index (χ4v) is 5.56. The van der Waals surface area contributed by atoms with E-state index in [-0.39, 0.29) is 63.6 Å². The minimum atomic E-state index is 0. The van der Waals surface area contributed by atoms with E-state index in [2.05, 4.69) is 74.9 Å². The van der Waals surface area contributed by atoms with Crippen molar-refractivity contribution in [3.05, 3.63) is 133 Å². The molecular weight excluding hydrogens is 859 g/mol. The molecule has 1 fully saturated rings. The van der Waals surface area contributed by atoms with Crippen molar-refractivity contribution in [2.24, 2.45) is 47.9 Å². The van der Waals surface area contributed by atoms with Crippen molar-refractivity contribution < 1.29 is 71.3 Å². The Bertz CT molecular complexity index is 2260. The summed E-state index contributed by atoms with van der Waals surface area (Å²) in [6, 6.07) is 26.4. The average molecular weight is 914 g/mol. The Morgan fingerprint density at radius 1 is 0.629 bits per heavy atom. The topological polar surface area (TPSA) is 205 Å². The number of halogens is 3. The number of nitrogens with zero attached hydrogens (tertiary/aromatic N) is 14. The smallest absolute Gasteiger partial charge is 0.350 e. The number of aryl methyl sites for hydroxylation is 1. The first-order valence-electron chi connectivity index (χ1n) is 19.3. The Hall–Kier alpha value is -5.60. The van der Waals surface area contributed by atoms with Gasteiger partial charge in [-0.05, 0) is 59.5 Å². The number of hydrogen-bond acceptors (Lipinski definition) is 11. The minimum Gasteiger partial charge on any atom is -1.00 e. The molecule has 18 nitrogen and oxygen atoms in total. The van der Waals surface area contributed by atoms with Crippen LogP contribution in [0.5, 0.6) is 0 Å². The zero-order valence-electron chi connectivity index (χ0n) is 34.8. The number of aliphatic hydroxyl groups is 4. The summed E-state index contributed by atoms with van der Waals surface area (Å²) in [4.78, 5) is 2.44. The summed E-state index contributed by atoms with van der Waals surface area (Å²) >= 11 is 0. The Labute approximate surface area is 379 Å². The first-order chi connectivity index (χ1) is 28.9. The first kappa shape index (κ1) is 54.4. The van der Waals surface area contributed by atoms with Gasteiger partial charge < -0.3 is 71.7 Å². The molecule has 62 heavy (non-hydrogen) atoms. The monoisotopic (exact) mass is 912 g/mol. The molecule has 6 heterocycles. The van der Waals surface area contributed by atoms with E-state index in [0.29, 0.717) is 54.6 Å². The lowest BCUT2D eigenvalue weighted by molar-refractivity contribution is -0.685. The van der Waals surface area contributed by atoms with Gasteiger partial charge in [-0.2, -0.15) is 0 Å². The summed E-state index contributed by atoms with van der Waals surface area (Å²) in [6.45, 7) is 6.05. The molecule has 1 aliphatic heterocycles. The van der Waals surface area contributed by atoms with Crippen LogP contribution < -0.4 is 66.8 Å². The molecule has 0 amide bonds. The van der Waals surface area contributed by atoms with Gasteiger partial charge in [-0.1, -0.05) is 24.3 Å². The standard InChI is InChI=1S/C16H21N6O2.C15H19N6O2.C10H15N2.3ClH/c1-14(17-19-15-6-2-4-8-21(15)10-12-23)18-20-16-7-3-5-9-22(16)11-13-24;22-11-9-20-7-3-1-5-14(20)18-16-13-17-19-15-6-2-4-8-21(15)10-12-23;1-11-8-4-10(5-9-11)12-6-2-3-7-12;;;/h2-9,23-24H,10-13H2,1H3;1-8,13,22-23H,9-12H2;4-5,8-9H,2-3,6-7H2,1H3;3*1H/q3*+1;;;/p-3. The van der Waals surface area contributed by atoms with Crippen LogP contribution >= 0.6 is 0 Å². The van der Waals surface area contributed by atoms with E-state index in [4.69, 9.17) is 20.4 Å². The normalized spacial score (nSPS) is 12.9. The van der Waals surface area contributed by atoms with Crippen LogP contribution in [0.15, 0.2) is 163 Å². The van der Waals surface area contributed by atoms with E-state index >= 15 is 0 Å². The minimum absolute atomic E-state index is 0. The summed E-state index contributed by atoms with van der Waals surface area (Å²) in [7, 11) is 2.05. The van der Waals surface area contributed by atoms with Gasteiger partial charge >= 0.3 is 11.6 Å². The molecule has 0 unspecified atom stereocenters. The third-order valence-corrected chi connectivity index (χ3v) is 8.48. The highest BCUT2D eigenvalue weighted by atomic mass is 35.5. The summed E-state index contributed by atoms with van der Waals surface area (Å²) < 4.78 is 9.21. The second-order valence-electron chi connectivity index (χ2n) is 12.8. The molecule has 6 rings (SSSR count). The molecule has 0 aromatic carbocycles. The maximum absolute atomic E-state index is 9.05. The van der Waals surface area contributed by atoms with Crippen LogP contribution in [0.3, 0.4) is 0 Å². The van der Waals surface area contributed by atoms with Gasteiger partial charge in [0, 0.05) is 75.4 Å². The third kappa shape index (κ3) is 19.4. The number of anilines is 1. The second-order valence-corrected chi connectivity index (χ2v) is 12.8. The average Bonchev–Trinajstić information content (AvgIpc) is 3.81. The van der Waals surface area contributed by atoms with Gasteiger partial charge in [-0.15, -0.1) is 20.4 Å². The summed E-state index contributed by atoms with van der Waals surface area (Å²) in [5.74, 6) is 1.63. The van der Waals surface area contributed by atoms with Crippen LogP contribution in [0.25, 0.3) is 0 Å². The fourth-order valence-electron chi connectivity index (χ4n) is 5.56. The van der Waals surface area contributed by atoms with Gasteiger partial charge in [0.1, 0.15) is 20.1 Å². The van der Waals surface area contributed by atoms with E-state index in [1.807, 2.05) is 80.4 Å². The molecule has 0 aliphatic carbocycles. The number of azo groups is 2. The second kappa shape index (κ2) is 32.2. The third-order valence-electron chi connectivity index (χ3n) is 8.48. The lowest BCUT2D eigenvalue weighted by Gasteiger charge is -2.15. The molecule has 0 spiro atoms. The zero-order valence-corrected chi connectivity index (χ0v) is 37.1. The van der Waals surface area contributed by atoms with Crippen molar-refractivity contribution >= 4 is 29.5 Å². The maximum Gasteiger partial charge on any atom is 0.350 e. The van der Waals surface area contributed by atoms with Crippen LogP contribution in [0.1, 0.15) is 19.8 Å². The Kier molecular flexibility index (Phi) is 28.2. The largest absolute Gasteiger partial charge is 1.00 e. The highest BCUT2D eigenvalue weighted by molar-refractivity contribution is 5.79. The maximum atomic E-state index is 9.05. The van der Waals surface area contributed by atoms with Crippen molar-refractivity contribution in [3.63, 3.8) is 0 Å². The SMILES string of the molecule is CC(N=Nc1cccc[n+]1CCO)=NN=c1ccccn1CCO.C[n+]1ccc(N2CCCC2)cc1.OCCn1ccccc1=NN=CN=Nc1cccc[n+]1CCO.[Cl-].[Cl-].[Cl-]. The lowest BCUT2D eigenvalue weighted by Crippen LogP contribution is -3.00. The quantitative estimate of drug-likeness (QED) is 0.0282. The molecule has 1 saturated heterocycles. The van der Waals surface area contributed by atoms with E-state index in [9.17, 15) is 0 Å². The molecule has 0 radical (unpaired) electrons. The first-order valence-corrected chi connectivity index (χ1v) is 19.3. The van der Waals surface area contributed by atoms with Crippen molar-refractivity contribution in [1.29, 1.82) is 0 Å². The van der Waals surface area contributed by atoms with Crippen molar-refractivity contribution in [2.75, 3.05) is 44.4 Å². The number of hydrogen-bond donors (Lipinski definition) is 4. The van der Waals surface area contributed by atoms with Gasteiger partial charge in [0.05, 0.1) is 49.0 Å². The lowest BCUT2D eigenvalue weighted by atomic mass is 10.3. The van der Waals surface area contributed by atoms with Crippen molar-refractivity contribution in [1.82, 2.24) is 9.13 Å². The number of aliphatic hydroxyl groups excluding tert-OH is 4. The predicted octanol–water partition coefficient (Wildman–Crippen LogP) is -6.71. The van der Waals surface area contributed by atoms with Crippen molar-refractivity contribution in [3.8, 4) is 0 Å². The molecule has 5 aromatic rings. The highest BCUT2D eigenvalue weighted by Gasteiger charge is 2.12. The summed E-state index contributed by atoms with van der Waals surface area (Å²) in [6.07, 6.45) is 15.4. The number of aromatic nitrogens is 5. The van der Waals surface area contributed by atoms with Gasteiger partial charge in [0.15, 0.2) is 35.5 Å². The number of rotatable bonds is 14. The molecule has 0 atom stereocenters. The summed E-state index contributed by atoms with van der Waals surface area (Å²) in [5, 5.41) is 68.2. The van der Waals surface area contributed by atoms with Crippen LogP contribution in [-0.2, 0) is 33.2 Å². The van der Waals surface area contributed by atoms with E-state index in [0.717, 1.165) is 0 Å². The zero-order chi connectivity index (χ0) is 41.9. The molecular formula is C41H55Cl3N14O4. The highest BCUT2D eigenvalue weighted by Crippen LogP contribution is 2.17. The molecule has 0 bridgehead atoms. The Morgan fingerprint density at radius 2 is 1.15 bits per heavy atom. The van der Waals surface area contributed by atoms with E-state index < -0.39 is 0 Å². The molecule has 21 heteroatoms. The van der Waals surface area contributed by atoms with Gasteiger partial charge in [0.25, 0.3) is 0 Å². The molecule has 0 saturated carbocycles. The van der Waals surface area contributed by atoms with Crippen molar-refractivity contribution in [2.45, 2.75) is 45.9 Å². The fraction of sp³-hybridized carbons (Fsp3) is 0.341. The van der Waals surface area contributed by atoms with Crippen LogP contribution in [0, 0.1) is 0 Å². The van der Waals surface area contributed by atoms with Crippen LogP contribution in [-0.4, -0.2) is 81.3 Å². The van der Waals surface area contributed by atoms with E-state index in [1.54, 1.807) is 49.5 Å². The van der Waals surface area contributed by atoms with Gasteiger partial charge in [-0.25, -0.2) is 13.7 Å².